The normalized spacial score (nSPS) is 21.8. The number of carbonyl (C=O) groups excluding carboxylic acids is 2. The fourth-order valence-electron chi connectivity index (χ4n) is 4.75. The minimum atomic E-state index is -4.63. The summed E-state index contributed by atoms with van der Waals surface area (Å²) in [4.78, 5) is 35.2. The quantitative estimate of drug-likeness (QED) is 0.702. The number of hydrogen-bond donors (Lipinski definition) is 1. The minimum Gasteiger partial charge on any atom is -0.392 e. The Morgan fingerprint density at radius 2 is 1.97 bits per heavy atom. The predicted octanol–water partition coefficient (Wildman–Crippen LogP) is 3.65. The van der Waals surface area contributed by atoms with Crippen LogP contribution < -0.4 is 14.7 Å². The number of nitrogens with zero attached hydrogens (tertiary/aromatic N) is 4. The van der Waals surface area contributed by atoms with Gasteiger partial charge in [-0.25, -0.2) is 4.98 Å². The Labute approximate surface area is 199 Å². The van der Waals surface area contributed by atoms with E-state index in [1.807, 2.05) is 4.90 Å². The van der Waals surface area contributed by atoms with E-state index in [4.69, 9.17) is 11.6 Å². The van der Waals surface area contributed by atoms with E-state index in [1.54, 1.807) is 25.1 Å². The van der Waals surface area contributed by atoms with Gasteiger partial charge < -0.3 is 14.9 Å². The number of carbonyl (C=O) groups is 2. The summed E-state index contributed by atoms with van der Waals surface area (Å²) in [6, 6.07) is 5.70. The Hall–Kier alpha value is -2.85. The number of fused-ring (bicyclic) bond motifs is 2. The molecule has 1 aromatic carbocycles. The largest absolute Gasteiger partial charge is 0.416 e. The molecule has 11 heteroatoms. The molecule has 3 atom stereocenters. The number of aromatic nitrogens is 1. The van der Waals surface area contributed by atoms with Crippen LogP contribution in [-0.4, -0.2) is 54.2 Å². The highest BCUT2D eigenvalue weighted by Crippen LogP contribution is 2.42. The lowest BCUT2D eigenvalue weighted by Gasteiger charge is -2.39. The van der Waals surface area contributed by atoms with Crippen LogP contribution >= 0.6 is 11.6 Å². The molecule has 182 valence electrons. The Morgan fingerprint density at radius 1 is 1.26 bits per heavy atom. The average molecular weight is 497 g/mol. The third-order valence-corrected chi connectivity index (χ3v) is 6.42. The number of hydrogen-bond acceptors (Lipinski definition) is 5. The Bertz CT molecular complexity index is 1140. The van der Waals surface area contributed by atoms with Crippen molar-refractivity contribution in [2.75, 3.05) is 34.8 Å². The third kappa shape index (κ3) is 4.32. The molecule has 1 unspecified atom stereocenters. The van der Waals surface area contributed by atoms with Crippen LogP contribution in [0.2, 0.25) is 5.02 Å². The molecule has 3 heterocycles. The summed E-state index contributed by atoms with van der Waals surface area (Å²) in [5.41, 5.74) is 0.175. The van der Waals surface area contributed by atoms with Crippen molar-refractivity contribution in [3.63, 3.8) is 0 Å². The van der Waals surface area contributed by atoms with E-state index in [2.05, 4.69) is 4.98 Å². The van der Waals surface area contributed by atoms with Gasteiger partial charge in [-0.2, -0.15) is 13.2 Å². The van der Waals surface area contributed by atoms with Gasteiger partial charge in [-0.1, -0.05) is 17.7 Å². The molecule has 1 aromatic heterocycles. The van der Waals surface area contributed by atoms with Crippen molar-refractivity contribution in [3.05, 3.63) is 46.6 Å². The number of β-amino-alcohol motifs (C(OH)–C–C–N with tert-alkyl or cyclic N) is 1. The minimum absolute atomic E-state index is 0.0582. The van der Waals surface area contributed by atoms with Crippen LogP contribution in [0.1, 0.15) is 24.6 Å². The number of rotatable bonds is 3. The summed E-state index contributed by atoms with van der Waals surface area (Å²) in [5.74, 6) is -1.70. The number of alkyl halides is 3. The molecule has 2 aromatic rings. The molecule has 2 aliphatic heterocycles. The zero-order valence-electron chi connectivity index (χ0n) is 18.8. The van der Waals surface area contributed by atoms with Crippen molar-refractivity contribution < 1.29 is 27.9 Å². The van der Waals surface area contributed by atoms with Gasteiger partial charge in [0.1, 0.15) is 11.9 Å². The van der Waals surface area contributed by atoms with Crippen LogP contribution in [0.4, 0.5) is 30.4 Å². The number of benzene rings is 1. The highest BCUT2D eigenvalue weighted by atomic mass is 35.5. The second kappa shape index (κ2) is 8.74. The summed E-state index contributed by atoms with van der Waals surface area (Å²) in [6.45, 7) is 3.41. The van der Waals surface area contributed by atoms with Crippen LogP contribution in [0.25, 0.3) is 0 Å². The maximum Gasteiger partial charge on any atom is 0.416 e. The van der Waals surface area contributed by atoms with Crippen LogP contribution in [0, 0.1) is 12.8 Å². The van der Waals surface area contributed by atoms with Crippen molar-refractivity contribution in [2.24, 2.45) is 5.92 Å². The van der Waals surface area contributed by atoms with E-state index in [0.717, 1.165) is 17.0 Å². The van der Waals surface area contributed by atoms with E-state index >= 15 is 0 Å². The lowest BCUT2D eigenvalue weighted by Crippen LogP contribution is -2.53. The summed E-state index contributed by atoms with van der Waals surface area (Å²) >= 11 is 6.48. The molecule has 0 bridgehead atoms. The molecule has 0 spiro atoms. The zero-order chi connectivity index (χ0) is 24.9. The molecule has 7 nitrogen and oxygen atoms in total. The van der Waals surface area contributed by atoms with Crippen molar-refractivity contribution in [1.82, 2.24) is 4.98 Å². The molecule has 4 rings (SSSR count). The van der Waals surface area contributed by atoms with Gasteiger partial charge in [0.05, 0.1) is 28.1 Å². The summed E-state index contributed by atoms with van der Waals surface area (Å²) in [6.07, 6.45) is -5.42. The lowest BCUT2D eigenvalue weighted by atomic mass is 9.95. The van der Waals surface area contributed by atoms with Crippen LogP contribution in [0.3, 0.4) is 0 Å². The number of halogens is 4. The standard InChI is InChI=1S/C23H24ClF3N4O3/c1-12-7-15(23(25,26)27)9-18(28-12)31-19(33)8-14-11-30(10-13(2)32)21-16(24)5-4-6-17(21)29(3)22(34)20(14)31/h4-7,9,13-14,20,32H,8,10-11H2,1-3H3/t13?,14-,20+/m1/s1. The highest BCUT2D eigenvalue weighted by molar-refractivity contribution is 6.34. The highest BCUT2D eigenvalue weighted by Gasteiger charge is 2.49. The van der Waals surface area contributed by atoms with Crippen molar-refractivity contribution in [3.8, 4) is 0 Å². The fraction of sp³-hybridized carbons (Fsp3) is 0.435. The van der Waals surface area contributed by atoms with Gasteiger partial charge >= 0.3 is 6.18 Å². The van der Waals surface area contributed by atoms with Crippen molar-refractivity contribution >= 4 is 40.6 Å². The number of anilines is 3. The maximum atomic E-state index is 13.6. The van der Waals surface area contributed by atoms with E-state index in [1.165, 1.54) is 18.9 Å². The first kappa shape index (κ1) is 24.3. The Kier molecular flexibility index (Phi) is 6.24. The Balaban J connectivity index is 1.84. The molecule has 34 heavy (non-hydrogen) atoms. The molecule has 2 amide bonds. The number of amides is 2. The summed E-state index contributed by atoms with van der Waals surface area (Å²) in [7, 11) is 1.53. The molecule has 0 saturated carbocycles. The van der Waals surface area contributed by atoms with Crippen LogP contribution in [0.15, 0.2) is 30.3 Å². The first-order valence-electron chi connectivity index (χ1n) is 10.8. The van der Waals surface area contributed by atoms with Gasteiger partial charge in [0, 0.05) is 38.2 Å². The van der Waals surface area contributed by atoms with E-state index in [9.17, 15) is 27.9 Å². The van der Waals surface area contributed by atoms with Gasteiger partial charge in [0.25, 0.3) is 0 Å². The lowest BCUT2D eigenvalue weighted by molar-refractivity contribution is -0.137. The third-order valence-electron chi connectivity index (χ3n) is 6.11. The molecule has 1 N–H and O–H groups in total. The molecular formula is C23H24ClF3N4O3. The van der Waals surface area contributed by atoms with E-state index in [0.29, 0.717) is 16.4 Å². The Morgan fingerprint density at radius 3 is 2.62 bits per heavy atom. The van der Waals surface area contributed by atoms with Gasteiger partial charge in [0.2, 0.25) is 11.8 Å². The van der Waals surface area contributed by atoms with Crippen molar-refractivity contribution in [2.45, 2.75) is 38.6 Å². The molecule has 1 fully saturated rings. The summed E-state index contributed by atoms with van der Waals surface area (Å²) in [5, 5.41) is 10.5. The maximum absolute atomic E-state index is 13.6. The van der Waals surface area contributed by atoms with Crippen LogP contribution in [-0.2, 0) is 15.8 Å². The first-order valence-corrected chi connectivity index (χ1v) is 11.1. The monoisotopic (exact) mass is 496 g/mol. The molecule has 1 saturated heterocycles. The second-order valence-electron chi connectivity index (χ2n) is 8.78. The molecule has 0 radical (unpaired) electrons. The first-order chi connectivity index (χ1) is 15.9. The zero-order valence-corrected chi connectivity index (χ0v) is 19.6. The fourth-order valence-corrected chi connectivity index (χ4v) is 5.04. The predicted molar refractivity (Wildman–Crippen MR) is 122 cm³/mol. The number of aryl methyl sites for hydroxylation is 1. The second-order valence-corrected chi connectivity index (χ2v) is 9.19. The number of aliphatic hydroxyl groups excluding tert-OH is 1. The van der Waals surface area contributed by atoms with E-state index in [-0.39, 0.29) is 31.0 Å². The molecular weight excluding hydrogens is 473 g/mol. The van der Waals surface area contributed by atoms with Gasteiger partial charge in [-0.05, 0) is 38.1 Å². The average Bonchev–Trinajstić information content (AvgIpc) is 3.05. The summed E-state index contributed by atoms with van der Waals surface area (Å²) < 4.78 is 40.3. The van der Waals surface area contributed by atoms with Gasteiger partial charge in [-0.15, -0.1) is 0 Å². The molecule has 2 aliphatic rings. The van der Waals surface area contributed by atoms with Gasteiger partial charge in [0.15, 0.2) is 0 Å². The topological polar surface area (TPSA) is 77.0 Å². The SMILES string of the molecule is Cc1cc(C(F)(F)F)cc(N2C(=O)C[C@@H]3CN(CC(C)O)c4c(Cl)cccc4N(C)C(=O)[C@H]32)n1. The van der Waals surface area contributed by atoms with Gasteiger partial charge in [-0.3, -0.25) is 14.5 Å². The number of likely N-dealkylation sites (N-methyl/N-ethyl adjacent to an activating group) is 1. The van der Waals surface area contributed by atoms with E-state index < -0.39 is 41.6 Å². The van der Waals surface area contributed by atoms with Crippen molar-refractivity contribution in [1.29, 1.82) is 0 Å². The number of aliphatic hydroxyl groups is 1. The van der Waals surface area contributed by atoms with Crippen LogP contribution in [0.5, 0.6) is 0 Å². The smallest absolute Gasteiger partial charge is 0.392 e. The number of para-hydroxylation sites is 1. The number of pyridine rings is 1. The molecule has 0 aliphatic carbocycles.